The van der Waals surface area contributed by atoms with E-state index in [0.717, 1.165) is 6.42 Å². The molecule has 0 aromatic carbocycles. The maximum atomic E-state index is 10.6. The largest absolute Gasteiger partial charge is 0.481 e. The van der Waals surface area contributed by atoms with Gasteiger partial charge in [-0.05, 0) is 30.4 Å². The Morgan fingerprint density at radius 1 is 1.75 bits per heavy atom. The van der Waals surface area contributed by atoms with Crippen molar-refractivity contribution in [1.82, 2.24) is 0 Å². The average Bonchev–Trinajstić information content (AvgIpc) is 2.70. The second-order valence-electron chi connectivity index (χ2n) is 3.25. The predicted octanol–water partition coefficient (Wildman–Crippen LogP) is 2.24. The lowest BCUT2D eigenvalue weighted by atomic mass is 10.2. The van der Waals surface area contributed by atoms with Crippen LogP contribution in [0.3, 0.4) is 0 Å². The van der Waals surface area contributed by atoms with E-state index in [1.807, 2.05) is 12.3 Å². The second kappa shape index (κ2) is 2.59. The molecule has 1 N–H and O–H groups in total. The number of carboxylic acid groups (broad SMARTS) is 1. The highest BCUT2D eigenvalue weighted by molar-refractivity contribution is 7.10. The Morgan fingerprint density at radius 3 is 2.92 bits per heavy atom. The number of aryl methyl sites for hydroxylation is 1. The van der Waals surface area contributed by atoms with Gasteiger partial charge in [-0.2, -0.15) is 0 Å². The van der Waals surface area contributed by atoms with Crippen LogP contribution >= 0.6 is 11.3 Å². The molecule has 2 atom stereocenters. The highest BCUT2D eigenvalue weighted by Gasteiger charge is 2.45. The third kappa shape index (κ3) is 1.14. The van der Waals surface area contributed by atoms with Gasteiger partial charge in [0, 0.05) is 10.8 Å². The topological polar surface area (TPSA) is 37.3 Å². The molecule has 1 aliphatic rings. The van der Waals surface area contributed by atoms with Crippen molar-refractivity contribution in [3.05, 3.63) is 21.9 Å². The van der Waals surface area contributed by atoms with Crippen molar-refractivity contribution in [3.8, 4) is 0 Å². The third-order valence-corrected chi connectivity index (χ3v) is 3.50. The SMILES string of the molecule is Cc1ccsc1[C@H]1C[C@H]1C(=O)O. The molecule has 64 valence electrons. The highest BCUT2D eigenvalue weighted by Crippen LogP contribution is 2.50. The van der Waals surface area contributed by atoms with Crippen LogP contribution in [0.1, 0.15) is 22.8 Å². The van der Waals surface area contributed by atoms with E-state index in [-0.39, 0.29) is 5.92 Å². The highest BCUT2D eigenvalue weighted by atomic mass is 32.1. The van der Waals surface area contributed by atoms with Crippen molar-refractivity contribution in [2.45, 2.75) is 19.3 Å². The molecular formula is C9H10O2S. The summed E-state index contributed by atoms with van der Waals surface area (Å²) in [4.78, 5) is 11.8. The zero-order valence-corrected chi connectivity index (χ0v) is 7.60. The molecule has 1 aromatic rings. The van der Waals surface area contributed by atoms with E-state index in [2.05, 4.69) is 6.07 Å². The minimum absolute atomic E-state index is 0.109. The zero-order valence-electron chi connectivity index (χ0n) is 6.78. The van der Waals surface area contributed by atoms with Crippen LogP contribution in [0.15, 0.2) is 11.4 Å². The maximum Gasteiger partial charge on any atom is 0.307 e. The van der Waals surface area contributed by atoms with E-state index in [1.165, 1.54) is 10.4 Å². The first-order valence-electron chi connectivity index (χ1n) is 3.97. The number of hydrogen-bond donors (Lipinski definition) is 1. The molecule has 0 unspecified atom stereocenters. The van der Waals surface area contributed by atoms with Crippen molar-refractivity contribution >= 4 is 17.3 Å². The molecule has 1 aromatic heterocycles. The quantitative estimate of drug-likeness (QED) is 0.761. The van der Waals surface area contributed by atoms with Gasteiger partial charge in [0.2, 0.25) is 0 Å². The van der Waals surface area contributed by atoms with Crippen LogP contribution in [0.25, 0.3) is 0 Å². The van der Waals surface area contributed by atoms with Crippen LogP contribution in [0, 0.1) is 12.8 Å². The Hall–Kier alpha value is -0.830. The van der Waals surface area contributed by atoms with E-state index in [9.17, 15) is 4.79 Å². The molecule has 2 nitrogen and oxygen atoms in total. The smallest absolute Gasteiger partial charge is 0.307 e. The average molecular weight is 182 g/mol. The summed E-state index contributed by atoms with van der Waals surface area (Å²) in [5.74, 6) is -0.447. The Morgan fingerprint density at radius 2 is 2.50 bits per heavy atom. The number of aliphatic carboxylic acids is 1. The number of carbonyl (C=O) groups is 1. The molecule has 2 rings (SSSR count). The molecule has 3 heteroatoms. The Kier molecular flexibility index (Phi) is 1.68. The van der Waals surface area contributed by atoms with E-state index >= 15 is 0 Å². The molecule has 1 aliphatic carbocycles. The number of rotatable bonds is 2. The van der Waals surface area contributed by atoms with E-state index in [1.54, 1.807) is 11.3 Å². The lowest BCUT2D eigenvalue weighted by molar-refractivity contribution is -0.138. The lowest BCUT2D eigenvalue weighted by Gasteiger charge is -1.94. The number of carboxylic acids is 1. The van der Waals surface area contributed by atoms with Crippen LogP contribution in [0.5, 0.6) is 0 Å². The van der Waals surface area contributed by atoms with Gasteiger partial charge in [0.05, 0.1) is 5.92 Å². The van der Waals surface area contributed by atoms with Gasteiger partial charge in [0.25, 0.3) is 0 Å². The molecule has 1 saturated carbocycles. The van der Waals surface area contributed by atoms with Gasteiger partial charge >= 0.3 is 5.97 Å². The van der Waals surface area contributed by atoms with E-state index in [0.29, 0.717) is 5.92 Å². The van der Waals surface area contributed by atoms with E-state index in [4.69, 9.17) is 5.11 Å². The Balaban J connectivity index is 2.15. The lowest BCUT2D eigenvalue weighted by Crippen LogP contribution is -1.98. The summed E-state index contributed by atoms with van der Waals surface area (Å²) < 4.78 is 0. The second-order valence-corrected chi connectivity index (χ2v) is 4.20. The first kappa shape index (κ1) is 7.80. The Labute approximate surface area is 74.8 Å². The van der Waals surface area contributed by atoms with Crippen LogP contribution in [-0.4, -0.2) is 11.1 Å². The minimum atomic E-state index is -0.646. The summed E-state index contributed by atoms with van der Waals surface area (Å²) in [6.45, 7) is 2.04. The number of hydrogen-bond acceptors (Lipinski definition) is 2. The number of thiophene rings is 1. The molecule has 0 amide bonds. The summed E-state index contributed by atoms with van der Waals surface area (Å²) in [6, 6.07) is 2.05. The fourth-order valence-corrected chi connectivity index (χ4v) is 2.63. The predicted molar refractivity (Wildman–Crippen MR) is 47.5 cm³/mol. The molecule has 12 heavy (non-hydrogen) atoms. The fraction of sp³-hybridized carbons (Fsp3) is 0.444. The van der Waals surface area contributed by atoms with Gasteiger partial charge in [0.1, 0.15) is 0 Å². The summed E-state index contributed by atoms with van der Waals surface area (Å²) >= 11 is 1.68. The van der Waals surface area contributed by atoms with Crippen molar-refractivity contribution in [3.63, 3.8) is 0 Å². The molecular weight excluding hydrogens is 172 g/mol. The van der Waals surface area contributed by atoms with Gasteiger partial charge in [0.15, 0.2) is 0 Å². The van der Waals surface area contributed by atoms with Crippen LogP contribution in [0.4, 0.5) is 0 Å². The summed E-state index contributed by atoms with van der Waals surface area (Å²) in [6.07, 6.45) is 0.830. The van der Waals surface area contributed by atoms with Crippen LogP contribution < -0.4 is 0 Å². The van der Waals surface area contributed by atoms with Gasteiger partial charge in [-0.25, -0.2) is 0 Å². The monoisotopic (exact) mass is 182 g/mol. The van der Waals surface area contributed by atoms with Crippen molar-refractivity contribution in [1.29, 1.82) is 0 Å². The van der Waals surface area contributed by atoms with Crippen molar-refractivity contribution in [2.75, 3.05) is 0 Å². The van der Waals surface area contributed by atoms with Gasteiger partial charge in [-0.15, -0.1) is 11.3 Å². The summed E-state index contributed by atoms with van der Waals surface area (Å²) in [5, 5.41) is 10.7. The van der Waals surface area contributed by atoms with Crippen molar-refractivity contribution < 1.29 is 9.90 Å². The van der Waals surface area contributed by atoms with Crippen molar-refractivity contribution in [2.24, 2.45) is 5.92 Å². The van der Waals surface area contributed by atoms with Gasteiger partial charge in [-0.3, -0.25) is 4.79 Å². The molecule has 0 aliphatic heterocycles. The molecule has 1 heterocycles. The van der Waals surface area contributed by atoms with E-state index < -0.39 is 5.97 Å². The molecule has 0 radical (unpaired) electrons. The third-order valence-electron chi connectivity index (χ3n) is 2.35. The minimum Gasteiger partial charge on any atom is -0.481 e. The summed E-state index contributed by atoms with van der Waals surface area (Å²) in [5.41, 5.74) is 1.24. The molecule has 0 bridgehead atoms. The first-order chi connectivity index (χ1) is 5.70. The Bertz CT molecular complexity index is 316. The summed E-state index contributed by atoms with van der Waals surface area (Å²) in [7, 11) is 0. The standard InChI is InChI=1S/C9H10O2S/c1-5-2-3-12-8(5)6-4-7(6)9(10)11/h2-3,6-7H,4H2,1H3,(H,10,11)/t6-,7+/m0/s1. The first-order valence-corrected chi connectivity index (χ1v) is 4.85. The van der Waals surface area contributed by atoms with Gasteiger partial charge < -0.3 is 5.11 Å². The van der Waals surface area contributed by atoms with Gasteiger partial charge in [-0.1, -0.05) is 0 Å². The zero-order chi connectivity index (χ0) is 8.72. The van der Waals surface area contributed by atoms with Crippen LogP contribution in [0.2, 0.25) is 0 Å². The fourth-order valence-electron chi connectivity index (χ4n) is 1.52. The molecule has 0 saturated heterocycles. The molecule has 0 spiro atoms. The maximum absolute atomic E-state index is 10.6. The van der Waals surface area contributed by atoms with Crippen LogP contribution in [-0.2, 0) is 4.79 Å². The normalized spacial score (nSPS) is 27.1. The molecule has 1 fully saturated rings.